The van der Waals surface area contributed by atoms with Gasteiger partial charge in [-0.3, -0.25) is 20.2 Å². The molecular formula is C33H28Cl2F2N4O4. The lowest BCUT2D eigenvalue weighted by Crippen LogP contribution is -2.35. The number of nitrogens with zero attached hydrogens (tertiary/aromatic N) is 4. The molecule has 0 radical (unpaired) electrons. The highest BCUT2D eigenvalue weighted by atomic mass is 35.5. The summed E-state index contributed by atoms with van der Waals surface area (Å²) in [6.45, 7) is 0.976. The summed E-state index contributed by atoms with van der Waals surface area (Å²) in [7, 11) is 0. The van der Waals surface area contributed by atoms with Crippen molar-refractivity contribution in [2.45, 2.75) is 43.7 Å². The van der Waals surface area contributed by atoms with Gasteiger partial charge in [-0.1, -0.05) is 65.7 Å². The quantitative estimate of drug-likeness (QED) is 0.146. The van der Waals surface area contributed by atoms with Gasteiger partial charge in [0.15, 0.2) is 11.6 Å². The predicted molar refractivity (Wildman–Crippen MR) is 170 cm³/mol. The maximum Gasteiger partial charge on any atom is 0.288 e. The van der Waals surface area contributed by atoms with E-state index in [2.05, 4.69) is 0 Å². The Kier molecular flexibility index (Phi) is 8.61. The zero-order valence-corrected chi connectivity index (χ0v) is 25.4. The van der Waals surface area contributed by atoms with Crippen LogP contribution in [0.4, 0.5) is 31.5 Å². The minimum absolute atomic E-state index is 0.0325. The van der Waals surface area contributed by atoms with Gasteiger partial charge in [-0.15, -0.1) is 0 Å². The lowest BCUT2D eigenvalue weighted by Gasteiger charge is -2.36. The molecule has 6 rings (SSSR count). The van der Waals surface area contributed by atoms with Crippen molar-refractivity contribution in [3.8, 4) is 0 Å². The van der Waals surface area contributed by atoms with E-state index >= 15 is 8.78 Å². The molecule has 0 saturated carbocycles. The predicted octanol–water partition coefficient (Wildman–Crippen LogP) is 9.55. The van der Waals surface area contributed by atoms with Crippen LogP contribution in [0.1, 0.15) is 60.4 Å². The standard InChI is InChI=1S/C33H28Cl2F2N4O4/c34-25-10-8-21(15-31(25)40(42)43)29-12-13-30(22-9-11-26(35)32(16-22)41(44)45)39(29)24-17-27(36)33(28(37)18-24)38-14-4-7-23(19-38)20-5-2-1-3-6-20/h1-3,5-6,8-11,15-18,23,29-30H,4,7,12-14,19H2. The Morgan fingerprint density at radius 2 is 1.24 bits per heavy atom. The number of rotatable bonds is 7. The van der Waals surface area contributed by atoms with Crippen molar-refractivity contribution in [2.24, 2.45) is 0 Å². The summed E-state index contributed by atoms with van der Waals surface area (Å²) >= 11 is 12.2. The van der Waals surface area contributed by atoms with E-state index in [1.165, 1.54) is 36.4 Å². The second-order valence-corrected chi connectivity index (χ2v) is 12.2. The number of benzene rings is 4. The van der Waals surface area contributed by atoms with Crippen molar-refractivity contribution < 1.29 is 18.6 Å². The van der Waals surface area contributed by atoms with Gasteiger partial charge in [0, 0.05) is 36.8 Å². The van der Waals surface area contributed by atoms with E-state index in [1.807, 2.05) is 30.3 Å². The highest BCUT2D eigenvalue weighted by molar-refractivity contribution is 6.33. The number of hydrogen-bond donors (Lipinski definition) is 0. The number of nitro groups is 2. The average molecular weight is 654 g/mol. The first kappa shape index (κ1) is 30.7. The topological polar surface area (TPSA) is 92.8 Å². The van der Waals surface area contributed by atoms with Crippen LogP contribution in [-0.2, 0) is 0 Å². The largest absolute Gasteiger partial charge is 0.366 e. The molecule has 0 amide bonds. The van der Waals surface area contributed by atoms with Crippen molar-refractivity contribution in [3.05, 3.63) is 137 Å². The van der Waals surface area contributed by atoms with Gasteiger partial charge in [0.05, 0.1) is 21.9 Å². The number of anilines is 2. The van der Waals surface area contributed by atoms with E-state index < -0.39 is 33.6 Å². The van der Waals surface area contributed by atoms with Gasteiger partial charge < -0.3 is 9.80 Å². The summed E-state index contributed by atoms with van der Waals surface area (Å²) in [5.74, 6) is -1.33. The van der Waals surface area contributed by atoms with Crippen LogP contribution in [0.3, 0.4) is 0 Å². The Balaban J connectivity index is 1.41. The maximum absolute atomic E-state index is 16.1. The third kappa shape index (κ3) is 6.04. The lowest BCUT2D eigenvalue weighted by molar-refractivity contribution is -0.384. The monoisotopic (exact) mass is 652 g/mol. The molecule has 0 aromatic heterocycles. The summed E-state index contributed by atoms with van der Waals surface area (Å²) in [6, 6.07) is 20.3. The molecule has 0 bridgehead atoms. The molecule has 2 aliphatic heterocycles. The van der Waals surface area contributed by atoms with Gasteiger partial charge in [0.1, 0.15) is 15.7 Å². The van der Waals surface area contributed by atoms with Gasteiger partial charge in [-0.2, -0.15) is 0 Å². The van der Waals surface area contributed by atoms with Crippen LogP contribution in [0.2, 0.25) is 10.0 Å². The van der Waals surface area contributed by atoms with Crippen LogP contribution in [0.5, 0.6) is 0 Å². The molecule has 2 saturated heterocycles. The molecule has 2 heterocycles. The summed E-state index contributed by atoms with van der Waals surface area (Å²) in [6.07, 6.45) is 2.60. The highest BCUT2D eigenvalue weighted by Gasteiger charge is 2.38. The van der Waals surface area contributed by atoms with E-state index in [9.17, 15) is 20.2 Å². The van der Waals surface area contributed by atoms with Crippen LogP contribution in [-0.4, -0.2) is 22.9 Å². The van der Waals surface area contributed by atoms with Crippen molar-refractivity contribution in [1.82, 2.24) is 0 Å². The molecule has 0 aliphatic carbocycles. The lowest BCUT2D eigenvalue weighted by atomic mass is 9.90. The maximum atomic E-state index is 16.1. The van der Waals surface area contributed by atoms with Crippen molar-refractivity contribution >= 4 is 46.0 Å². The van der Waals surface area contributed by atoms with Gasteiger partial charge in [0.2, 0.25) is 0 Å². The molecule has 8 nitrogen and oxygen atoms in total. The van der Waals surface area contributed by atoms with Crippen LogP contribution in [0.25, 0.3) is 0 Å². The molecule has 2 aliphatic rings. The second kappa shape index (κ2) is 12.6. The number of halogens is 4. The third-order valence-electron chi connectivity index (χ3n) is 8.80. The first-order chi connectivity index (χ1) is 21.6. The molecule has 0 spiro atoms. The fourth-order valence-electron chi connectivity index (χ4n) is 6.76. The fraction of sp³-hybridized carbons (Fsp3) is 0.273. The normalized spacial score (nSPS) is 20.0. The van der Waals surface area contributed by atoms with Crippen molar-refractivity contribution in [3.63, 3.8) is 0 Å². The SMILES string of the molecule is O=[N+]([O-])c1cc(C2CCC(c3ccc(Cl)c([N+](=O)[O-])c3)N2c2cc(F)c(N3CCCC(c4ccccc4)C3)c(F)c2)ccc1Cl. The highest BCUT2D eigenvalue weighted by Crippen LogP contribution is 2.49. The van der Waals surface area contributed by atoms with E-state index in [0.717, 1.165) is 18.4 Å². The van der Waals surface area contributed by atoms with E-state index in [4.69, 9.17) is 23.2 Å². The Morgan fingerprint density at radius 1 is 0.711 bits per heavy atom. The van der Waals surface area contributed by atoms with Gasteiger partial charge in [-0.05, 0) is 66.6 Å². The Morgan fingerprint density at radius 3 is 1.76 bits per heavy atom. The summed E-state index contributed by atoms with van der Waals surface area (Å²) in [4.78, 5) is 25.7. The summed E-state index contributed by atoms with van der Waals surface area (Å²) < 4.78 is 32.1. The van der Waals surface area contributed by atoms with E-state index in [-0.39, 0.29) is 38.7 Å². The molecule has 232 valence electrons. The Bertz CT molecular complexity index is 1680. The molecule has 0 N–H and O–H groups in total. The van der Waals surface area contributed by atoms with E-state index in [1.54, 1.807) is 21.9 Å². The van der Waals surface area contributed by atoms with E-state index in [0.29, 0.717) is 37.1 Å². The number of hydrogen-bond acceptors (Lipinski definition) is 6. The Hall–Kier alpha value is -4.28. The van der Waals surface area contributed by atoms with Crippen molar-refractivity contribution in [1.29, 1.82) is 0 Å². The minimum atomic E-state index is -0.729. The van der Waals surface area contributed by atoms with Crippen LogP contribution in [0, 0.1) is 31.9 Å². The average Bonchev–Trinajstić information content (AvgIpc) is 3.47. The summed E-state index contributed by atoms with van der Waals surface area (Å²) in [5, 5.41) is 23.3. The molecule has 45 heavy (non-hydrogen) atoms. The van der Waals surface area contributed by atoms with Gasteiger partial charge in [-0.25, -0.2) is 8.78 Å². The zero-order chi connectivity index (χ0) is 31.8. The van der Waals surface area contributed by atoms with Crippen LogP contribution >= 0.6 is 23.2 Å². The minimum Gasteiger partial charge on any atom is -0.366 e. The molecular weight excluding hydrogens is 625 g/mol. The summed E-state index contributed by atoms with van der Waals surface area (Å²) in [5.41, 5.74) is 1.73. The Labute approximate surface area is 268 Å². The first-order valence-electron chi connectivity index (χ1n) is 14.6. The zero-order valence-electron chi connectivity index (χ0n) is 23.9. The number of nitro benzene ring substituents is 2. The molecule has 12 heteroatoms. The van der Waals surface area contributed by atoms with Crippen LogP contribution in [0.15, 0.2) is 78.9 Å². The van der Waals surface area contributed by atoms with Gasteiger partial charge in [0.25, 0.3) is 11.4 Å². The molecule has 3 atom stereocenters. The van der Waals surface area contributed by atoms with Crippen molar-refractivity contribution in [2.75, 3.05) is 22.9 Å². The molecule has 4 aromatic carbocycles. The third-order valence-corrected chi connectivity index (χ3v) is 9.44. The smallest absolute Gasteiger partial charge is 0.288 e. The molecule has 4 aromatic rings. The van der Waals surface area contributed by atoms with Gasteiger partial charge >= 0.3 is 0 Å². The molecule has 3 unspecified atom stereocenters. The first-order valence-corrected chi connectivity index (χ1v) is 15.3. The fourth-order valence-corrected chi connectivity index (χ4v) is 7.13. The second-order valence-electron chi connectivity index (χ2n) is 11.4. The van der Waals surface area contributed by atoms with Crippen LogP contribution < -0.4 is 9.80 Å². The molecule has 2 fully saturated rings. The number of piperidine rings is 1.